The summed E-state index contributed by atoms with van der Waals surface area (Å²) in [5.41, 5.74) is 9.10. The number of aromatic amines is 1. The number of likely N-dealkylation sites (tertiary alicyclic amines) is 1. The molecule has 6 heteroatoms. The molecule has 0 atom stereocenters. The summed E-state index contributed by atoms with van der Waals surface area (Å²) in [6, 6.07) is 16.4. The molecular weight excluding hydrogens is 402 g/mol. The van der Waals surface area contributed by atoms with E-state index in [9.17, 15) is 4.79 Å². The van der Waals surface area contributed by atoms with E-state index in [1.807, 2.05) is 31.2 Å². The number of H-pyrrole nitrogens is 1. The third-order valence-electron chi connectivity index (χ3n) is 5.97. The molecule has 172 valence electrons. The molecule has 0 bridgehead atoms. The van der Waals surface area contributed by atoms with Crippen LogP contribution in [0.1, 0.15) is 55.6 Å². The molecule has 1 saturated heterocycles. The number of fused-ring (bicyclic) bond motifs is 1. The Bertz CT molecular complexity index is 1020. The van der Waals surface area contributed by atoms with Crippen LogP contribution in [0, 0.1) is 0 Å². The van der Waals surface area contributed by atoms with Gasteiger partial charge in [-0.2, -0.15) is 0 Å². The Morgan fingerprint density at radius 1 is 1.16 bits per heavy atom. The van der Waals surface area contributed by atoms with Gasteiger partial charge in [-0.1, -0.05) is 12.1 Å². The highest BCUT2D eigenvalue weighted by atomic mass is 16.5. The highest BCUT2D eigenvalue weighted by molar-refractivity contribution is 5.95. The van der Waals surface area contributed by atoms with Crippen molar-refractivity contribution in [2.45, 2.75) is 45.6 Å². The summed E-state index contributed by atoms with van der Waals surface area (Å²) in [6.45, 7) is 9.09. The highest BCUT2D eigenvalue weighted by Gasteiger charge is 2.22. The van der Waals surface area contributed by atoms with Crippen LogP contribution in [0.15, 0.2) is 48.5 Å². The number of methoxy groups -OCH3 is 1. The largest absolute Gasteiger partial charge is 0.497 e. The van der Waals surface area contributed by atoms with E-state index in [0.717, 1.165) is 22.3 Å². The molecule has 0 amide bonds. The smallest absolute Gasteiger partial charge is 0.354 e. The summed E-state index contributed by atoms with van der Waals surface area (Å²) in [5.74, 6) is 1.14. The van der Waals surface area contributed by atoms with Crippen LogP contribution in [0.3, 0.4) is 0 Å². The highest BCUT2D eigenvalue weighted by Crippen LogP contribution is 2.31. The van der Waals surface area contributed by atoms with Crippen LogP contribution in [0.2, 0.25) is 0 Å². The summed E-state index contributed by atoms with van der Waals surface area (Å²) in [4.78, 5) is 17.5. The summed E-state index contributed by atoms with van der Waals surface area (Å²) >= 11 is 0. The van der Waals surface area contributed by atoms with Gasteiger partial charge in [0.1, 0.15) is 11.4 Å². The molecule has 4 rings (SSSR count). The van der Waals surface area contributed by atoms with Crippen molar-refractivity contribution < 1.29 is 14.3 Å². The Kier molecular flexibility index (Phi) is 8.17. The van der Waals surface area contributed by atoms with E-state index >= 15 is 0 Å². The first kappa shape index (κ1) is 23.7. The number of piperidine rings is 1. The van der Waals surface area contributed by atoms with Gasteiger partial charge in [0.15, 0.2) is 0 Å². The fourth-order valence-electron chi connectivity index (χ4n) is 4.11. The Labute approximate surface area is 190 Å². The van der Waals surface area contributed by atoms with Gasteiger partial charge >= 0.3 is 5.97 Å². The number of hydrogen-bond acceptors (Lipinski definition) is 5. The first-order valence-corrected chi connectivity index (χ1v) is 11.3. The van der Waals surface area contributed by atoms with Gasteiger partial charge in [-0.05, 0) is 88.5 Å². The van der Waals surface area contributed by atoms with Crippen molar-refractivity contribution in [1.82, 2.24) is 9.88 Å². The molecule has 0 spiro atoms. The molecule has 32 heavy (non-hydrogen) atoms. The topological polar surface area (TPSA) is 80.6 Å². The van der Waals surface area contributed by atoms with Gasteiger partial charge in [-0.3, -0.25) is 0 Å². The Hall–Kier alpha value is -2.99. The number of anilines is 1. The lowest BCUT2D eigenvalue weighted by molar-refractivity contribution is 0.0520. The molecule has 2 aromatic carbocycles. The van der Waals surface area contributed by atoms with Crippen molar-refractivity contribution in [2.75, 3.05) is 32.5 Å². The van der Waals surface area contributed by atoms with Gasteiger partial charge in [0.2, 0.25) is 0 Å². The second kappa shape index (κ2) is 11.0. The first-order chi connectivity index (χ1) is 15.4. The Morgan fingerprint density at radius 2 is 1.91 bits per heavy atom. The SMILES string of the molecule is CCOC(=O)c1cc2cc(C3CCN(C(C)C)CC3)ccc2[nH]1.COc1cccc(N)c1. The van der Waals surface area contributed by atoms with E-state index in [4.69, 9.17) is 15.2 Å². The normalized spacial score (nSPS) is 14.8. The van der Waals surface area contributed by atoms with E-state index < -0.39 is 0 Å². The van der Waals surface area contributed by atoms with E-state index in [1.165, 1.54) is 31.5 Å². The molecular formula is C26H35N3O3. The summed E-state index contributed by atoms with van der Waals surface area (Å²) in [7, 11) is 1.62. The summed E-state index contributed by atoms with van der Waals surface area (Å²) in [5, 5.41) is 1.09. The second-order valence-electron chi connectivity index (χ2n) is 8.43. The van der Waals surface area contributed by atoms with E-state index in [-0.39, 0.29) is 5.97 Å². The summed E-state index contributed by atoms with van der Waals surface area (Å²) in [6.07, 6.45) is 2.41. The molecule has 0 aliphatic carbocycles. The van der Waals surface area contributed by atoms with Gasteiger partial charge < -0.3 is 25.1 Å². The average molecular weight is 438 g/mol. The molecule has 1 aromatic heterocycles. The van der Waals surface area contributed by atoms with Gasteiger partial charge in [-0.15, -0.1) is 0 Å². The Balaban J connectivity index is 0.000000269. The number of nitrogens with two attached hydrogens (primary N) is 1. The first-order valence-electron chi connectivity index (χ1n) is 11.3. The number of nitrogens with one attached hydrogen (secondary N) is 1. The van der Waals surface area contributed by atoms with Crippen LogP contribution >= 0.6 is 0 Å². The third kappa shape index (κ3) is 6.04. The van der Waals surface area contributed by atoms with Crippen molar-refractivity contribution in [2.24, 2.45) is 0 Å². The molecule has 0 unspecified atom stereocenters. The molecule has 0 radical (unpaired) electrons. The minimum atomic E-state index is -0.282. The number of benzene rings is 2. The van der Waals surface area contributed by atoms with Crippen LogP contribution < -0.4 is 10.5 Å². The lowest BCUT2D eigenvalue weighted by Gasteiger charge is -2.34. The van der Waals surface area contributed by atoms with Gasteiger partial charge in [0.05, 0.1) is 13.7 Å². The van der Waals surface area contributed by atoms with E-state index in [0.29, 0.717) is 24.3 Å². The molecule has 1 aliphatic heterocycles. The zero-order valence-electron chi connectivity index (χ0n) is 19.6. The predicted molar refractivity (Wildman–Crippen MR) is 130 cm³/mol. The minimum Gasteiger partial charge on any atom is -0.497 e. The van der Waals surface area contributed by atoms with Crippen LogP contribution in [0.25, 0.3) is 10.9 Å². The lowest BCUT2D eigenvalue weighted by atomic mass is 9.88. The van der Waals surface area contributed by atoms with E-state index in [1.54, 1.807) is 13.2 Å². The van der Waals surface area contributed by atoms with Gasteiger partial charge in [0.25, 0.3) is 0 Å². The summed E-state index contributed by atoms with van der Waals surface area (Å²) < 4.78 is 9.98. The van der Waals surface area contributed by atoms with Crippen LogP contribution in [-0.4, -0.2) is 48.7 Å². The number of hydrogen-bond donors (Lipinski definition) is 2. The maximum Gasteiger partial charge on any atom is 0.354 e. The predicted octanol–water partition coefficient (Wildman–Crippen LogP) is 5.21. The van der Waals surface area contributed by atoms with Crippen molar-refractivity contribution in [3.8, 4) is 5.75 Å². The maximum absolute atomic E-state index is 11.8. The zero-order valence-corrected chi connectivity index (χ0v) is 19.6. The van der Waals surface area contributed by atoms with Crippen LogP contribution in [0.5, 0.6) is 5.75 Å². The fourth-order valence-corrected chi connectivity index (χ4v) is 4.11. The minimum absolute atomic E-state index is 0.282. The number of rotatable bonds is 5. The average Bonchev–Trinajstić information content (AvgIpc) is 3.23. The zero-order chi connectivity index (χ0) is 23.1. The quantitative estimate of drug-likeness (QED) is 0.423. The van der Waals surface area contributed by atoms with Crippen molar-refractivity contribution in [3.05, 3.63) is 59.8 Å². The number of carbonyl (C=O) groups is 1. The fraction of sp³-hybridized carbons (Fsp3) is 0.423. The molecule has 2 heterocycles. The number of carbonyl (C=O) groups excluding carboxylic acids is 1. The van der Waals surface area contributed by atoms with Gasteiger partial charge in [-0.25, -0.2) is 4.79 Å². The number of nitrogen functional groups attached to an aromatic ring is 1. The second-order valence-corrected chi connectivity index (χ2v) is 8.43. The molecule has 0 saturated carbocycles. The maximum atomic E-state index is 11.8. The molecule has 1 fully saturated rings. The van der Waals surface area contributed by atoms with Crippen molar-refractivity contribution in [1.29, 1.82) is 0 Å². The molecule has 1 aliphatic rings. The van der Waals surface area contributed by atoms with Crippen LogP contribution in [0.4, 0.5) is 5.69 Å². The van der Waals surface area contributed by atoms with Crippen LogP contribution in [-0.2, 0) is 4.74 Å². The molecule has 6 nitrogen and oxygen atoms in total. The molecule has 3 aromatic rings. The number of nitrogens with zero attached hydrogens (tertiary/aromatic N) is 1. The number of ether oxygens (including phenoxy) is 2. The Morgan fingerprint density at radius 3 is 2.50 bits per heavy atom. The van der Waals surface area contributed by atoms with Crippen molar-refractivity contribution >= 4 is 22.6 Å². The number of aromatic nitrogens is 1. The van der Waals surface area contributed by atoms with Crippen molar-refractivity contribution in [3.63, 3.8) is 0 Å². The number of esters is 1. The van der Waals surface area contributed by atoms with Gasteiger partial charge in [0, 0.05) is 28.7 Å². The monoisotopic (exact) mass is 437 g/mol. The van der Waals surface area contributed by atoms with E-state index in [2.05, 4.69) is 41.9 Å². The third-order valence-corrected chi connectivity index (χ3v) is 5.97. The standard InChI is InChI=1S/C19H26N2O2.C7H9NO/c1-4-23-19(22)18-12-16-11-15(5-6-17(16)20-18)14-7-9-21(10-8-14)13(2)3;1-9-7-4-2-3-6(8)5-7/h5-6,11-14,20H,4,7-10H2,1-3H3;2-5H,8H2,1H3. The lowest BCUT2D eigenvalue weighted by Crippen LogP contribution is -2.37. The molecule has 3 N–H and O–H groups in total.